The van der Waals surface area contributed by atoms with Crippen molar-refractivity contribution in [3.63, 3.8) is 0 Å². The van der Waals surface area contributed by atoms with Crippen molar-refractivity contribution in [2.24, 2.45) is 0 Å². The second-order valence-corrected chi connectivity index (χ2v) is 3.82. The zero-order chi connectivity index (χ0) is 11.0. The van der Waals surface area contributed by atoms with Crippen LogP contribution >= 0.6 is 0 Å². The Labute approximate surface area is 86.4 Å². The Hall–Kier alpha value is -0.610. The molecule has 0 aromatic carbocycles. The third-order valence-corrected chi connectivity index (χ3v) is 1.47. The number of hydrogen-bond donors (Lipinski definition) is 2. The van der Waals surface area contributed by atoms with Crippen molar-refractivity contribution in [3.05, 3.63) is 0 Å². The van der Waals surface area contributed by atoms with Crippen LogP contribution < -0.4 is 10.6 Å². The van der Waals surface area contributed by atoms with Crippen molar-refractivity contribution in [1.29, 1.82) is 0 Å². The Balaban J connectivity index is 3.23. The molecular formula is C10H22N2O2. The van der Waals surface area contributed by atoms with Gasteiger partial charge in [-0.25, -0.2) is 0 Å². The van der Waals surface area contributed by atoms with E-state index < -0.39 is 0 Å². The molecule has 0 rings (SSSR count). The van der Waals surface area contributed by atoms with Crippen LogP contribution in [0.25, 0.3) is 0 Å². The first-order chi connectivity index (χ1) is 6.52. The highest BCUT2D eigenvalue weighted by Gasteiger charge is 2.01. The number of carbonyl (C=O) groups is 1. The molecular weight excluding hydrogens is 180 g/mol. The summed E-state index contributed by atoms with van der Waals surface area (Å²) in [5.74, 6) is 0.0320. The van der Waals surface area contributed by atoms with Gasteiger partial charge in [0.05, 0.1) is 19.3 Å². The Morgan fingerprint density at radius 3 is 2.43 bits per heavy atom. The maximum Gasteiger partial charge on any atom is 0.234 e. The van der Waals surface area contributed by atoms with Gasteiger partial charge in [-0.3, -0.25) is 4.79 Å². The number of amides is 1. The summed E-state index contributed by atoms with van der Waals surface area (Å²) >= 11 is 0. The third kappa shape index (κ3) is 9.48. The molecule has 0 unspecified atom stereocenters. The molecule has 0 spiro atoms. The lowest BCUT2D eigenvalue weighted by Crippen LogP contribution is -2.38. The summed E-state index contributed by atoms with van der Waals surface area (Å²) in [5, 5.41) is 5.81. The highest BCUT2D eigenvalue weighted by Crippen LogP contribution is 1.84. The van der Waals surface area contributed by atoms with E-state index in [2.05, 4.69) is 10.6 Å². The van der Waals surface area contributed by atoms with E-state index in [1.54, 1.807) is 0 Å². The van der Waals surface area contributed by atoms with Crippen LogP contribution in [0.1, 0.15) is 27.7 Å². The van der Waals surface area contributed by atoms with E-state index in [9.17, 15) is 4.79 Å². The molecule has 0 atom stereocenters. The van der Waals surface area contributed by atoms with Crippen LogP contribution in [0.4, 0.5) is 0 Å². The third-order valence-electron chi connectivity index (χ3n) is 1.47. The number of ether oxygens (including phenoxy) is 1. The number of hydrogen-bond acceptors (Lipinski definition) is 3. The standard InChI is InChI=1S/C10H22N2O2/c1-8(2)12-10(13)7-11-5-6-14-9(3)4/h8-9,11H,5-7H2,1-4H3,(H,12,13). The van der Waals surface area contributed by atoms with Crippen LogP contribution in [0.3, 0.4) is 0 Å². The maximum atomic E-state index is 11.1. The quantitative estimate of drug-likeness (QED) is 0.592. The van der Waals surface area contributed by atoms with E-state index in [0.717, 1.165) is 0 Å². The summed E-state index contributed by atoms with van der Waals surface area (Å²) in [5.41, 5.74) is 0. The second-order valence-electron chi connectivity index (χ2n) is 3.82. The predicted octanol–water partition coefficient (Wildman–Crippen LogP) is 0.526. The van der Waals surface area contributed by atoms with Crippen LogP contribution in [-0.4, -0.2) is 37.7 Å². The smallest absolute Gasteiger partial charge is 0.234 e. The first-order valence-corrected chi connectivity index (χ1v) is 5.14. The average Bonchev–Trinajstić information content (AvgIpc) is 2.01. The fraction of sp³-hybridized carbons (Fsp3) is 0.900. The Kier molecular flexibility index (Phi) is 7.42. The largest absolute Gasteiger partial charge is 0.377 e. The number of rotatable bonds is 7. The van der Waals surface area contributed by atoms with Gasteiger partial charge in [0.15, 0.2) is 0 Å². The summed E-state index contributed by atoms with van der Waals surface area (Å²) in [4.78, 5) is 11.1. The van der Waals surface area contributed by atoms with E-state index in [-0.39, 0.29) is 18.1 Å². The monoisotopic (exact) mass is 202 g/mol. The fourth-order valence-corrected chi connectivity index (χ4v) is 0.942. The summed E-state index contributed by atoms with van der Waals surface area (Å²) in [6, 6.07) is 0.205. The van der Waals surface area contributed by atoms with Crippen molar-refractivity contribution in [2.75, 3.05) is 19.7 Å². The summed E-state index contributed by atoms with van der Waals surface area (Å²) < 4.78 is 5.31. The van der Waals surface area contributed by atoms with Crippen molar-refractivity contribution < 1.29 is 9.53 Å². The van der Waals surface area contributed by atoms with Crippen molar-refractivity contribution in [2.45, 2.75) is 39.8 Å². The molecule has 0 heterocycles. The van der Waals surface area contributed by atoms with Crippen LogP contribution in [-0.2, 0) is 9.53 Å². The molecule has 0 aromatic heterocycles. The van der Waals surface area contributed by atoms with E-state index in [0.29, 0.717) is 19.7 Å². The van der Waals surface area contributed by atoms with Crippen LogP contribution in [0, 0.1) is 0 Å². The van der Waals surface area contributed by atoms with E-state index in [4.69, 9.17) is 4.74 Å². The zero-order valence-corrected chi connectivity index (χ0v) is 9.59. The summed E-state index contributed by atoms with van der Waals surface area (Å²) in [7, 11) is 0. The molecule has 4 nitrogen and oxygen atoms in total. The summed E-state index contributed by atoms with van der Waals surface area (Å²) in [6.45, 7) is 9.59. The lowest BCUT2D eigenvalue weighted by molar-refractivity contribution is -0.120. The molecule has 0 aliphatic rings. The Bertz CT molecular complexity index is 158. The average molecular weight is 202 g/mol. The molecule has 1 amide bonds. The molecule has 0 aliphatic heterocycles. The van der Waals surface area contributed by atoms with Crippen molar-refractivity contribution in [1.82, 2.24) is 10.6 Å². The fourth-order valence-electron chi connectivity index (χ4n) is 0.942. The number of nitrogens with one attached hydrogen (secondary N) is 2. The van der Waals surface area contributed by atoms with E-state index >= 15 is 0 Å². The van der Waals surface area contributed by atoms with E-state index in [1.165, 1.54) is 0 Å². The molecule has 84 valence electrons. The zero-order valence-electron chi connectivity index (χ0n) is 9.59. The maximum absolute atomic E-state index is 11.1. The van der Waals surface area contributed by atoms with Crippen LogP contribution in [0.15, 0.2) is 0 Å². The molecule has 4 heteroatoms. The lowest BCUT2D eigenvalue weighted by Gasteiger charge is -2.10. The first-order valence-electron chi connectivity index (χ1n) is 5.14. The highest BCUT2D eigenvalue weighted by molar-refractivity contribution is 5.78. The Morgan fingerprint density at radius 1 is 1.29 bits per heavy atom. The minimum Gasteiger partial charge on any atom is -0.377 e. The van der Waals surface area contributed by atoms with Gasteiger partial charge in [-0.1, -0.05) is 0 Å². The first kappa shape index (κ1) is 13.4. The molecule has 0 radical (unpaired) electrons. The molecule has 2 N–H and O–H groups in total. The summed E-state index contributed by atoms with van der Waals surface area (Å²) in [6.07, 6.45) is 0.251. The normalized spacial score (nSPS) is 11.0. The molecule has 0 bridgehead atoms. The molecule has 0 saturated heterocycles. The van der Waals surface area contributed by atoms with Gasteiger partial charge >= 0.3 is 0 Å². The SMILES string of the molecule is CC(C)NC(=O)CNCCOC(C)C. The van der Waals surface area contributed by atoms with Gasteiger partial charge < -0.3 is 15.4 Å². The molecule has 0 aliphatic carbocycles. The second kappa shape index (κ2) is 7.76. The van der Waals surface area contributed by atoms with Gasteiger partial charge in [0.25, 0.3) is 0 Å². The lowest BCUT2D eigenvalue weighted by atomic mass is 10.4. The van der Waals surface area contributed by atoms with Gasteiger partial charge in [-0.15, -0.1) is 0 Å². The predicted molar refractivity (Wildman–Crippen MR) is 57.2 cm³/mol. The molecule has 0 fully saturated rings. The van der Waals surface area contributed by atoms with Gasteiger partial charge in [-0.05, 0) is 27.7 Å². The number of carbonyl (C=O) groups excluding carboxylic acids is 1. The van der Waals surface area contributed by atoms with Crippen LogP contribution in [0.2, 0.25) is 0 Å². The van der Waals surface area contributed by atoms with Crippen LogP contribution in [0.5, 0.6) is 0 Å². The minimum absolute atomic E-state index is 0.0320. The molecule has 0 saturated carbocycles. The van der Waals surface area contributed by atoms with Gasteiger partial charge in [0.1, 0.15) is 0 Å². The topological polar surface area (TPSA) is 50.4 Å². The minimum atomic E-state index is 0.0320. The Morgan fingerprint density at radius 2 is 1.93 bits per heavy atom. The molecule has 14 heavy (non-hydrogen) atoms. The van der Waals surface area contributed by atoms with Crippen molar-refractivity contribution in [3.8, 4) is 0 Å². The van der Waals surface area contributed by atoms with Gasteiger partial charge in [-0.2, -0.15) is 0 Å². The highest BCUT2D eigenvalue weighted by atomic mass is 16.5. The molecule has 0 aromatic rings. The van der Waals surface area contributed by atoms with Gasteiger partial charge in [0.2, 0.25) is 5.91 Å². The van der Waals surface area contributed by atoms with E-state index in [1.807, 2.05) is 27.7 Å². The van der Waals surface area contributed by atoms with Gasteiger partial charge in [0, 0.05) is 12.6 Å². The van der Waals surface area contributed by atoms with Crippen molar-refractivity contribution >= 4 is 5.91 Å².